The van der Waals surface area contributed by atoms with E-state index >= 15 is 0 Å². The van der Waals surface area contributed by atoms with Gasteiger partial charge in [-0.3, -0.25) is 9.89 Å². The number of nitrogens with zero attached hydrogens (tertiary/aromatic N) is 2. The van der Waals surface area contributed by atoms with Crippen LogP contribution in [0.3, 0.4) is 0 Å². The molecule has 25 heavy (non-hydrogen) atoms. The van der Waals surface area contributed by atoms with E-state index in [0.29, 0.717) is 30.5 Å². The Kier molecular flexibility index (Phi) is 8.33. The summed E-state index contributed by atoms with van der Waals surface area (Å²) < 4.78 is 47.2. The van der Waals surface area contributed by atoms with Gasteiger partial charge in [0.25, 0.3) is 0 Å². The molecule has 0 radical (unpaired) electrons. The van der Waals surface area contributed by atoms with Crippen LogP contribution in [0.5, 0.6) is 11.5 Å². The predicted octanol–water partition coefficient (Wildman–Crippen LogP) is 1.86. The third kappa shape index (κ3) is 7.97. The van der Waals surface area contributed by atoms with E-state index in [-0.39, 0.29) is 6.54 Å². The highest BCUT2D eigenvalue weighted by atomic mass is 19.4. The summed E-state index contributed by atoms with van der Waals surface area (Å²) in [4.78, 5) is 5.25. The van der Waals surface area contributed by atoms with Gasteiger partial charge in [-0.1, -0.05) is 6.07 Å². The smallest absolute Gasteiger partial charge is 0.401 e. The van der Waals surface area contributed by atoms with E-state index in [1.807, 2.05) is 12.1 Å². The molecule has 0 atom stereocenters. The first-order valence-electron chi connectivity index (χ1n) is 7.69. The van der Waals surface area contributed by atoms with Crippen LogP contribution in [0.4, 0.5) is 13.2 Å². The Balaban J connectivity index is 2.44. The topological polar surface area (TPSA) is 58.1 Å². The summed E-state index contributed by atoms with van der Waals surface area (Å²) in [6.45, 7) is 0.138. The molecule has 1 aromatic carbocycles. The second-order valence-electron chi connectivity index (χ2n) is 5.39. The summed E-state index contributed by atoms with van der Waals surface area (Å²) in [5.41, 5.74) is 0.954. The number of aliphatic imine (C=N–C) groups is 1. The molecule has 0 spiro atoms. The summed E-state index contributed by atoms with van der Waals surface area (Å²) in [5.74, 6) is 1.77. The number of ether oxygens (including phenoxy) is 2. The average Bonchev–Trinajstić information content (AvgIpc) is 2.55. The molecule has 2 N–H and O–H groups in total. The van der Waals surface area contributed by atoms with Gasteiger partial charge in [0, 0.05) is 26.7 Å². The first-order chi connectivity index (χ1) is 11.8. The quantitative estimate of drug-likeness (QED) is 0.546. The van der Waals surface area contributed by atoms with Gasteiger partial charge < -0.3 is 20.1 Å². The molecule has 0 aliphatic rings. The van der Waals surface area contributed by atoms with Crippen molar-refractivity contribution in [3.63, 3.8) is 0 Å². The standard InChI is InChI=1S/C16H25F3N4O2/c1-20-15(21-7-8-23(2)11-16(17,18)19)22-10-12-5-6-13(24-3)14(9-12)25-4/h5-6,9H,7-8,10-11H2,1-4H3,(H2,20,21,22). The van der Waals surface area contributed by atoms with Crippen LogP contribution in [0.25, 0.3) is 0 Å². The predicted molar refractivity (Wildman–Crippen MR) is 91.3 cm³/mol. The fourth-order valence-electron chi connectivity index (χ4n) is 2.15. The first kappa shape index (κ1) is 20.9. The fraction of sp³-hybridized carbons (Fsp3) is 0.562. The summed E-state index contributed by atoms with van der Waals surface area (Å²) in [6.07, 6.45) is -4.19. The van der Waals surface area contributed by atoms with Crippen LogP contribution in [0.15, 0.2) is 23.2 Å². The van der Waals surface area contributed by atoms with E-state index in [4.69, 9.17) is 9.47 Å². The Hall–Kier alpha value is -2.16. The van der Waals surface area contributed by atoms with Crippen molar-refractivity contribution in [3.8, 4) is 11.5 Å². The third-order valence-corrected chi connectivity index (χ3v) is 3.37. The number of hydrogen-bond acceptors (Lipinski definition) is 4. The Bertz CT molecular complexity index is 565. The van der Waals surface area contributed by atoms with Crippen molar-refractivity contribution >= 4 is 5.96 Å². The molecule has 1 rings (SSSR count). The maximum Gasteiger partial charge on any atom is 0.401 e. The highest BCUT2D eigenvalue weighted by Gasteiger charge is 2.28. The summed E-state index contributed by atoms with van der Waals surface area (Å²) in [7, 11) is 6.16. The molecule has 0 fully saturated rings. The molecule has 0 aliphatic heterocycles. The summed E-state index contributed by atoms with van der Waals surface area (Å²) in [6, 6.07) is 5.53. The van der Waals surface area contributed by atoms with Crippen LogP contribution in [0.1, 0.15) is 5.56 Å². The molecule has 0 saturated carbocycles. The summed E-state index contributed by atoms with van der Waals surface area (Å²) in [5, 5.41) is 6.08. The zero-order valence-electron chi connectivity index (χ0n) is 14.9. The van der Waals surface area contributed by atoms with Crippen molar-refractivity contribution in [2.45, 2.75) is 12.7 Å². The number of nitrogens with one attached hydrogen (secondary N) is 2. The Morgan fingerprint density at radius 3 is 2.40 bits per heavy atom. The second-order valence-corrected chi connectivity index (χ2v) is 5.39. The van der Waals surface area contributed by atoms with Crippen molar-refractivity contribution in [2.24, 2.45) is 4.99 Å². The third-order valence-electron chi connectivity index (χ3n) is 3.37. The Morgan fingerprint density at radius 2 is 1.84 bits per heavy atom. The SMILES string of the molecule is CN=C(NCCN(C)CC(F)(F)F)NCc1ccc(OC)c(OC)c1. The Morgan fingerprint density at radius 1 is 1.16 bits per heavy atom. The second kappa shape index (κ2) is 9.97. The minimum absolute atomic E-state index is 0.247. The molecule has 9 heteroatoms. The molecule has 6 nitrogen and oxygen atoms in total. The highest BCUT2D eigenvalue weighted by Crippen LogP contribution is 2.27. The minimum Gasteiger partial charge on any atom is -0.493 e. The van der Waals surface area contributed by atoms with Crippen molar-refractivity contribution in [2.75, 3.05) is 47.9 Å². The van der Waals surface area contributed by atoms with Gasteiger partial charge in [-0.05, 0) is 24.7 Å². The maximum atomic E-state index is 12.3. The van der Waals surface area contributed by atoms with Crippen LogP contribution < -0.4 is 20.1 Å². The van der Waals surface area contributed by atoms with Crippen molar-refractivity contribution in [1.82, 2.24) is 15.5 Å². The van der Waals surface area contributed by atoms with Crippen LogP contribution in [0.2, 0.25) is 0 Å². The molecule has 0 bridgehead atoms. The van der Waals surface area contributed by atoms with Gasteiger partial charge in [-0.2, -0.15) is 13.2 Å². The molecule has 142 valence electrons. The molecule has 0 unspecified atom stereocenters. The largest absolute Gasteiger partial charge is 0.493 e. The van der Waals surface area contributed by atoms with Crippen LogP contribution in [-0.2, 0) is 6.54 Å². The van der Waals surface area contributed by atoms with Gasteiger partial charge in [-0.15, -0.1) is 0 Å². The maximum absolute atomic E-state index is 12.3. The van der Waals surface area contributed by atoms with E-state index in [0.717, 1.165) is 5.56 Å². The van der Waals surface area contributed by atoms with E-state index in [1.54, 1.807) is 27.3 Å². The van der Waals surface area contributed by atoms with E-state index in [2.05, 4.69) is 15.6 Å². The number of guanidine groups is 1. The van der Waals surface area contributed by atoms with Gasteiger partial charge >= 0.3 is 6.18 Å². The zero-order valence-corrected chi connectivity index (χ0v) is 14.9. The molecule has 1 aromatic rings. The van der Waals surface area contributed by atoms with Crippen LogP contribution in [-0.4, -0.2) is 65.0 Å². The zero-order chi connectivity index (χ0) is 18.9. The van der Waals surface area contributed by atoms with Crippen LogP contribution in [0, 0.1) is 0 Å². The van der Waals surface area contributed by atoms with Gasteiger partial charge in [0.1, 0.15) is 0 Å². The van der Waals surface area contributed by atoms with Crippen LogP contribution >= 0.6 is 0 Å². The lowest BCUT2D eigenvalue weighted by Crippen LogP contribution is -2.42. The lowest BCUT2D eigenvalue weighted by atomic mass is 10.2. The average molecular weight is 362 g/mol. The molecule has 0 saturated heterocycles. The number of alkyl halides is 3. The number of halogens is 3. The van der Waals surface area contributed by atoms with Gasteiger partial charge in [-0.25, -0.2) is 0 Å². The van der Waals surface area contributed by atoms with E-state index in [1.165, 1.54) is 11.9 Å². The lowest BCUT2D eigenvalue weighted by molar-refractivity contribution is -0.142. The minimum atomic E-state index is -4.19. The molecule has 0 amide bonds. The highest BCUT2D eigenvalue weighted by molar-refractivity contribution is 5.79. The van der Waals surface area contributed by atoms with Crippen molar-refractivity contribution in [1.29, 1.82) is 0 Å². The first-order valence-corrected chi connectivity index (χ1v) is 7.69. The molecule has 0 aromatic heterocycles. The number of hydrogen-bond donors (Lipinski definition) is 2. The van der Waals surface area contributed by atoms with Gasteiger partial charge in [0.2, 0.25) is 0 Å². The number of rotatable bonds is 8. The molecular weight excluding hydrogens is 337 g/mol. The lowest BCUT2D eigenvalue weighted by Gasteiger charge is -2.19. The monoisotopic (exact) mass is 362 g/mol. The molecular formula is C16H25F3N4O2. The van der Waals surface area contributed by atoms with Crippen molar-refractivity contribution in [3.05, 3.63) is 23.8 Å². The molecule has 0 heterocycles. The van der Waals surface area contributed by atoms with Gasteiger partial charge in [0.15, 0.2) is 17.5 Å². The number of methoxy groups -OCH3 is 2. The van der Waals surface area contributed by atoms with Gasteiger partial charge in [0.05, 0.1) is 20.8 Å². The normalized spacial score (nSPS) is 12.2. The fourth-order valence-corrected chi connectivity index (χ4v) is 2.15. The number of benzene rings is 1. The Labute approximate surface area is 146 Å². The van der Waals surface area contributed by atoms with Crippen molar-refractivity contribution < 1.29 is 22.6 Å². The molecule has 0 aliphatic carbocycles. The van der Waals surface area contributed by atoms with E-state index < -0.39 is 12.7 Å². The summed E-state index contributed by atoms with van der Waals surface area (Å²) >= 11 is 0. The number of likely N-dealkylation sites (N-methyl/N-ethyl adjacent to an activating group) is 1. The van der Waals surface area contributed by atoms with E-state index in [9.17, 15) is 13.2 Å².